The molecule has 9 nitrogen and oxygen atoms in total. The smallest absolute Gasteiger partial charge is 0.404 e. The maximum Gasteiger partial charge on any atom is 0.404 e. The number of primary amides is 1. The van der Waals surface area contributed by atoms with E-state index in [9.17, 15) is 9.59 Å². The molecule has 0 atom stereocenters. The number of nitrogens with one attached hydrogen (secondary N) is 1. The molecule has 9 heteroatoms. The van der Waals surface area contributed by atoms with Crippen LogP contribution in [-0.4, -0.2) is 38.4 Å². The number of hydrogen-bond acceptors (Lipinski definition) is 5. The van der Waals surface area contributed by atoms with Crippen molar-refractivity contribution in [3.8, 4) is 0 Å². The first-order valence-corrected chi connectivity index (χ1v) is 6.51. The molecule has 2 amide bonds. The van der Waals surface area contributed by atoms with Crippen LogP contribution < -0.4 is 11.1 Å². The Morgan fingerprint density at radius 3 is 2.59 bits per heavy atom. The summed E-state index contributed by atoms with van der Waals surface area (Å²) in [5, 5.41) is 6.12. The molecule has 0 bridgehead atoms. The summed E-state index contributed by atoms with van der Waals surface area (Å²) in [7, 11) is 0. The predicted molar refractivity (Wildman–Crippen MR) is 78.0 cm³/mol. The van der Waals surface area contributed by atoms with Crippen LogP contribution in [0.15, 0.2) is 29.4 Å². The molecule has 3 N–H and O–H groups in total. The van der Waals surface area contributed by atoms with Crippen LogP contribution >= 0.6 is 0 Å². The zero-order chi connectivity index (χ0) is 16.2. The molecular formula is C13H17N5O4. The lowest BCUT2D eigenvalue weighted by Gasteiger charge is -2.07. The molecule has 0 aromatic heterocycles. The Morgan fingerprint density at radius 2 is 1.95 bits per heavy atom. The number of nitrogens with zero attached hydrogens (tertiary/aromatic N) is 3. The quantitative estimate of drug-likeness (QED) is 0.307. The molecule has 1 aromatic carbocycles. The molecule has 1 rings (SSSR count). The lowest BCUT2D eigenvalue weighted by Crippen LogP contribution is -2.27. The Balaban J connectivity index is 2.22. The molecular weight excluding hydrogens is 290 g/mol. The van der Waals surface area contributed by atoms with Crippen LogP contribution in [0.5, 0.6) is 0 Å². The van der Waals surface area contributed by atoms with E-state index in [1.165, 1.54) is 0 Å². The van der Waals surface area contributed by atoms with Gasteiger partial charge in [-0.3, -0.25) is 4.79 Å². The second-order valence-corrected chi connectivity index (χ2v) is 4.12. The Bertz CT molecular complexity index is 540. The number of azide groups is 1. The number of amides is 2. The summed E-state index contributed by atoms with van der Waals surface area (Å²) in [4.78, 5) is 24.8. The molecule has 0 saturated carbocycles. The minimum atomic E-state index is -0.846. The molecule has 0 heterocycles. The SMILES string of the molecule is [N-]=[N+]=NCc1ccc(C(=O)NCCOCCOC(N)=O)cc1. The maximum atomic E-state index is 11.8. The Kier molecular flexibility index (Phi) is 7.88. The van der Waals surface area contributed by atoms with E-state index in [1.807, 2.05) is 0 Å². The van der Waals surface area contributed by atoms with Crippen molar-refractivity contribution in [3.05, 3.63) is 45.8 Å². The van der Waals surface area contributed by atoms with Crippen molar-refractivity contribution in [1.29, 1.82) is 0 Å². The van der Waals surface area contributed by atoms with Gasteiger partial charge in [0.05, 0.1) is 19.8 Å². The second kappa shape index (κ2) is 10.0. The maximum absolute atomic E-state index is 11.8. The van der Waals surface area contributed by atoms with Gasteiger partial charge in [0.1, 0.15) is 6.61 Å². The van der Waals surface area contributed by atoms with Crippen molar-refractivity contribution in [1.82, 2.24) is 5.32 Å². The number of carbonyl (C=O) groups excluding carboxylic acids is 2. The van der Waals surface area contributed by atoms with Gasteiger partial charge >= 0.3 is 6.09 Å². The molecule has 0 unspecified atom stereocenters. The highest BCUT2D eigenvalue weighted by Gasteiger charge is 2.04. The lowest BCUT2D eigenvalue weighted by molar-refractivity contribution is 0.0745. The zero-order valence-corrected chi connectivity index (χ0v) is 11.9. The number of hydrogen-bond donors (Lipinski definition) is 2. The third kappa shape index (κ3) is 7.13. The Morgan fingerprint density at radius 1 is 1.23 bits per heavy atom. The van der Waals surface area contributed by atoms with Crippen LogP contribution in [0.2, 0.25) is 0 Å². The number of rotatable bonds is 9. The highest BCUT2D eigenvalue weighted by atomic mass is 16.6. The summed E-state index contributed by atoms with van der Waals surface area (Å²) < 4.78 is 9.61. The van der Waals surface area contributed by atoms with Gasteiger partial charge in [0, 0.05) is 17.0 Å². The van der Waals surface area contributed by atoms with Gasteiger partial charge in [-0.1, -0.05) is 17.2 Å². The monoisotopic (exact) mass is 307 g/mol. The number of nitrogens with two attached hydrogens (primary N) is 1. The van der Waals surface area contributed by atoms with Gasteiger partial charge in [-0.05, 0) is 23.2 Å². The Labute approximate surface area is 127 Å². The molecule has 0 fully saturated rings. The van der Waals surface area contributed by atoms with Crippen molar-refractivity contribution < 1.29 is 19.1 Å². The van der Waals surface area contributed by atoms with E-state index in [4.69, 9.17) is 16.0 Å². The van der Waals surface area contributed by atoms with Crippen LogP contribution in [-0.2, 0) is 16.0 Å². The van der Waals surface area contributed by atoms with Crippen molar-refractivity contribution in [3.63, 3.8) is 0 Å². The Hall–Kier alpha value is -2.77. The van der Waals surface area contributed by atoms with E-state index in [2.05, 4.69) is 20.1 Å². The summed E-state index contributed by atoms with van der Waals surface area (Å²) in [6, 6.07) is 6.75. The van der Waals surface area contributed by atoms with Gasteiger partial charge in [-0.15, -0.1) is 0 Å². The summed E-state index contributed by atoms with van der Waals surface area (Å²) in [6.07, 6.45) is -0.846. The fraction of sp³-hybridized carbons (Fsp3) is 0.385. The van der Waals surface area contributed by atoms with Crippen LogP contribution in [0.25, 0.3) is 10.4 Å². The van der Waals surface area contributed by atoms with Gasteiger partial charge in [-0.25, -0.2) is 4.79 Å². The third-order valence-corrected chi connectivity index (χ3v) is 2.54. The van der Waals surface area contributed by atoms with Crippen molar-refractivity contribution >= 4 is 12.0 Å². The van der Waals surface area contributed by atoms with E-state index in [-0.39, 0.29) is 25.7 Å². The molecule has 1 aromatic rings. The molecule has 0 aliphatic heterocycles. The van der Waals surface area contributed by atoms with Crippen molar-refractivity contribution in [2.45, 2.75) is 6.54 Å². The largest absolute Gasteiger partial charge is 0.447 e. The minimum Gasteiger partial charge on any atom is -0.447 e. The number of ether oxygens (including phenoxy) is 2. The van der Waals surface area contributed by atoms with Gasteiger partial charge in [0.2, 0.25) is 0 Å². The standard InChI is InChI=1S/C13H17N5O4/c14-13(20)22-8-7-21-6-5-16-12(19)11-3-1-10(2-4-11)9-17-18-15/h1-4H,5-9H2,(H2,14,20)(H,16,19). The van der Waals surface area contributed by atoms with Gasteiger partial charge < -0.3 is 20.5 Å². The van der Waals surface area contributed by atoms with Crippen LogP contribution in [0.1, 0.15) is 15.9 Å². The fourth-order valence-electron chi connectivity index (χ4n) is 1.52. The highest BCUT2D eigenvalue weighted by Crippen LogP contribution is 2.05. The third-order valence-electron chi connectivity index (χ3n) is 2.54. The van der Waals surface area contributed by atoms with Gasteiger partial charge in [-0.2, -0.15) is 0 Å². The van der Waals surface area contributed by atoms with Gasteiger partial charge in [0.15, 0.2) is 0 Å². The van der Waals surface area contributed by atoms with Crippen LogP contribution in [0, 0.1) is 0 Å². The van der Waals surface area contributed by atoms with E-state index in [0.717, 1.165) is 5.56 Å². The van der Waals surface area contributed by atoms with E-state index < -0.39 is 6.09 Å². The van der Waals surface area contributed by atoms with Crippen LogP contribution in [0.3, 0.4) is 0 Å². The van der Waals surface area contributed by atoms with Crippen molar-refractivity contribution in [2.75, 3.05) is 26.4 Å². The average molecular weight is 307 g/mol. The summed E-state index contributed by atoms with van der Waals surface area (Å²) in [5.74, 6) is -0.229. The normalized spacial score (nSPS) is 9.64. The first-order chi connectivity index (χ1) is 10.6. The molecule has 0 radical (unpaired) electrons. The second-order valence-electron chi connectivity index (χ2n) is 4.12. The average Bonchev–Trinajstić information content (AvgIpc) is 2.52. The summed E-state index contributed by atoms with van der Waals surface area (Å²) in [6.45, 7) is 1.17. The predicted octanol–water partition coefficient (Wildman–Crippen LogP) is 1.34. The molecule has 0 aliphatic carbocycles. The van der Waals surface area contributed by atoms with Gasteiger partial charge in [0.25, 0.3) is 5.91 Å². The highest BCUT2D eigenvalue weighted by molar-refractivity contribution is 5.94. The lowest BCUT2D eigenvalue weighted by atomic mass is 10.1. The number of benzene rings is 1. The van der Waals surface area contributed by atoms with Crippen molar-refractivity contribution in [2.24, 2.45) is 10.8 Å². The first-order valence-electron chi connectivity index (χ1n) is 6.51. The molecule has 0 aliphatic rings. The first kappa shape index (κ1) is 17.3. The summed E-state index contributed by atoms with van der Waals surface area (Å²) in [5.41, 5.74) is 14.3. The van der Waals surface area contributed by atoms with E-state index >= 15 is 0 Å². The minimum absolute atomic E-state index is 0.0793. The molecule has 0 spiro atoms. The molecule has 0 saturated heterocycles. The number of carbonyl (C=O) groups is 2. The molecule has 118 valence electrons. The van der Waals surface area contributed by atoms with E-state index in [0.29, 0.717) is 18.7 Å². The summed E-state index contributed by atoms with van der Waals surface area (Å²) >= 11 is 0. The molecule has 22 heavy (non-hydrogen) atoms. The topological polar surface area (TPSA) is 139 Å². The van der Waals surface area contributed by atoms with E-state index in [1.54, 1.807) is 24.3 Å². The van der Waals surface area contributed by atoms with Crippen LogP contribution in [0.4, 0.5) is 4.79 Å². The zero-order valence-electron chi connectivity index (χ0n) is 11.9. The fourth-order valence-corrected chi connectivity index (χ4v) is 1.52.